The van der Waals surface area contributed by atoms with E-state index in [9.17, 15) is 13.6 Å². The molecular weight excluding hydrogens is 340 g/mol. The number of rotatable bonds is 5. The van der Waals surface area contributed by atoms with E-state index in [-0.39, 0.29) is 23.8 Å². The molecule has 3 aromatic rings. The molecule has 2 N–H and O–H groups in total. The molecule has 0 aliphatic heterocycles. The highest BCUT2D eigenvalue weighted by Crippen LogP contribution is 2.28. The van der Waals surface area contributed by atoms with Crippen molar-refractivity contribution in [2.24, 2.45) is 5.41 Å². The molecule has 0 saturated heterocycles. The summed E-state index contributed by atoms with van der Waals surface area (Å²) >= 11 is 0. The van der Waals surface area contributed by atoms with E-state index in [1.54, 1.807) is 20.0 Å². The monoisotopic (exact) mass is 359 g/mol. The van der Waals surface area contributed by atoms with Crippen molar-refractivity contribution >= 4 is 16.9 Å². The average molecular weight is 359 g/mol. The summed E-state index contributed by atoms with van der Waals surface area (Å²) in [5.74, 6) is -1.02. The summed E-state index contributed by atoms with van der Waals surface area (Å²) in [6.07, 6.45) is 3.88. The SMILES string of the molecule is CCNC(=O)C(C)(C)Cc1nc(-c2c[nH]c3ncc(F)cc23)ncc1F. The van der Waals surface area contributed by atoms with Crippen molar-refractivity contribution in [3.05, 3.63) is 42.0 Å². The summed E-state index contributed by atoms with van der Waals surface area (Å²) in [4.78, 5) is 27.3. The fourth-order valence-corrected chi connectivity index (χ4v) is 2.72. The van der Waals surface area contributed by atoms with Gasteiger partial charge in [-0.15, -0.1) is 0 Å². The molecule has 0 saturated carbocycles. The number of aromatic nitrogens is 4. The van der Waals surface area contributed by atoms with Crippen molar-refractivity contribution < 1.29 is 13.6 Å². The van der Waals surface area contributed by atoms with Gasteiger partial charge in [-0.25, -0.2) is 23.7 Å². The molecule has 1 amide bonds. The minimum atomic E-state index is -0.837. The average Bonchev–Trinajstić information content (AvgIpc) is 3.00. The molecule has 3 aromatic heterocycles. The molecule has 0 unspecified atom stereocenters. The van der Waals surface area contributed by atoms with E-state index >= 15 is 0 Å². The summed E-state index contributed by atoms with van der Waals surface area (Å²) in [6.45, 7) is 5.77. The van der Waals surface area contributed by atoms with Crippen LogP contribution >= 0.6 is 0 Å². The van der Waals surface area contributed by atoms with Gasteiger partial charge < -0.3 is 10.3 Å². The summed E-state index contributed by atoms with van der Waals surface area (Å²) in [6, 6.07) is 1.32. The van der Waals surface area contributed by atoms with E-state index < -0.39 is 17.0 Å². The van der Waals surface area contributed by atoms with Gasteiger partial charge in [0.25, 0.3) is 0 Å². The minimum absolute atomic E-state index is 0.106. The molecule has 6 nitrogen and oxygen atoms in total. The van der Waals surface area contributed by atoms with Gasteiger partial charge in [-0.3, -0.25) is 4.79 Å². The van der Waals surface area contributed by atoms with Gasteiger partial charge in [-0.2, -0.15) is 0 Å². The lowest BCUT2D eigenvalue weighted by molar-refractivity contribution is -0.129. The first kappa shape index (κ1) is 17.9. The number of halogens is 2. The van der Waals surface area contributed by atoms with Gasteiger partial charge in [-0.1, -0.05) is 13.8 Å². The van der Waals surface area contributed by atoms with Crippen molar-refractivity contribution in [1.29, 1.82) is 0 Å². The maximum Gasteiger partial charge on any atom is 0.226 e. The largest absolute Gasteiger partial charge is 0.356 e. The highest BCUT2D eigenvalue weighted by molar-refractivity contribution is 5.91. The number of aromatic amines is 1. The van der Waals surface area contributed by atoms with Crippen LogP contribution in [-0.4, -0.2) is 32.4 Å². The molecular formula is C18H19F2N5O. The fourth-order valence-electron chi connectivity index (χ4n) is 2.72. The predicted octanol–water partition coefficient (Wildman–Crippen LogP) is 3.00. The molecule has 0 aliphatic carbocycles. The number of nitrogens with one attached hydrogen (secondary N) is 2. The fraction of sp³-hybridized carbons (Fsp3) is 0.333. The summed E-state index contributed by atoms with van der Waals surface area (Å²) in [5.41, 5.74) is 0.295. The van der Waals surface area contributed by atoms with Crippen LogP contribution in [0, 0.1) is 17.0 Å². The zero-order chi connectivity index (χ0) is 18.9. The van der Waals surface area contributed by atoms with Gasteiger partial charge in [-0.05, 0) is 13.0 Å². The smallest absolute Gasteiger partial charge is 0.226 e. The highest BCUT2D eigenvalue weighted by Gasteiger charge is 2.29. The number of amides is 1. The number of fused-ring (bicyclic) bond motifs is 1. The Morgan fingerprint density at radius 2 is 2.04 bits per heavy atom. The van der Waals surface area contributed by atoms with Crippen LogP contribution in [0.2, 0.25) is 0 Å². The van der Waals surface area contributed by atoms with Crippen LogP contribution in [0.1, 0.15) is 26.5 Å². The normalized spacial score (nSPS) is 11.7. The third-order valence-electron chi connectivity index (χ3n) is 4.12. The second kappa shape index (κ2) is 6.78. The lowest BCUT2D eigenvalue weighted by atomic mass is 9.86. The van der Waals surface area contributed by atoms with Gasteiger partial charge in [0, 0.05) is 35.5 Å². The number of carbonyl (C=O) groups excluding carboxylic acids is 1. The van der Waals surface area contributed by atoms with E-state index in [1.165, 1.54) is 6.07 Å². The lowest BCUT2D eigenvalue weighted by Crippen LogP contribution is -2.38. The summed E-state index contributed by atoms with van der Waals surface area (Å²) in [5, 5.41) is 3.24. The minimum Gasteiger partial charge on any atom is -0.356 e. The molecule has 136 valence electrons. The van der Waals surface area contributed by atoms with E-state index in [1.807, 2.05) is 6.92 Å². The number of hydrogen-bond acceptors (Lipinski definition) is 4. The Bertz CT molecular complexity index is 967. The molecule has 26 heavy (non-hydrogen) atoms. The van der Waals surface area contributed by atoms with E-state index in [2.05, 4.69) is 25.3 Å². The molecule has 0 fully saturated rings. The Morgan fingerprint density at radius 3 is 2.77 bits per heavy atom. The second-order valence-corrected chi connectivity index (χ2v) is 6.66. The Labute approximate surface area is 149 Å². The first-order valence-corrected chi connectivity index (χ1v) is 8.24. The van der Waals surface area contributed by atoms with E-state index in [0.29, 0.717) is 23.1 Å². The zero-order valence-corrected chi connectivity index (χ0v) is 14.7. The maximum atomic E-state index is 14.2. The first-order chi connectivity index (χ1) is 12.3. The van der Waals surface area contributed by atoms with Crippen LogP contribution in [0.4, 0.5) is 8.78 Å². The second-order valence-electron chi connectivity index (χ2n) is 6.66. The zero-order valence-electron chi connectivity index (χ0n) is 14.7. The van der Waals surface area contributed by atoms with E-state index in [4.69, 9.17) is 0 Å². The number of pyridine rings is 1. The molecule has 0 aromatic carbocycles. The molecule has 8 heteroatoms. The van der Waals surface area contributed by atoms with Crippen molar-refractivity contribution in [1.82, 2.24) is 25.3 Å². The number of nitrogens with zero attached hydrogens (tertiary/aromatic N) is 3. The van der Waals surface area contributed by atoms with Crippen molar-refractivity contribution in [2.75, 3.05) is 6.54 Å². The van der Waals surface area contributed by atoms with Crippen LogP contribution < -0.4 is 5.32 Å². The number of H-pyrrole nitrogens is 1. The van der Waals surface area contributed by atoms with Gasteiger partial charge in [0.15, 0.2) is 11.6 Å². The summed E-state index contributed by atoms with van der Waals surface area (Å²) in [7, 11) is 0. The Balaban J connectivity index is 2.00. The number of carbonyl (C=O) groups is 1. The first-order valence-electron chi connectivity index (χ1n) is 8.24. The van der Waals surface area contributed by atoms with Crippen LogP contribution in [-0.2, 0) is 11.2 Å². The third kappa shape index (κ3) is 3.40. The van der Waals surface area contributed by atoms with Gasteiger partial charge >= 0.3 is 0 Å². The van der Waals surface area contributed by atoms with Crippen LogP contribution in [0.3, 0.4) is 0 Å². The quantitative estimate of drug-likeness (QED) is 0.733. The molecule has 3 heterocycles. The Morgan fingerprint density at radius 1 is 1.27 bits per heavy atom. The van der Waals surface area contributed by atoms with Crippen LogP contribution in [0.15, 0.2) is 24.7 Å². The topological polar surface area (TPSA) is 83.6 Å². The van der Waals surface area contributed by atoms with Crippen molar-refractivity contribution in [3.8, 4) is 11.4 Å². The molecule has 3 rings (SSSR count). The van der Waals surface area contributed by atoms with Crippen LogP contribution in [0.5, 0.6) is 0 Å². The molecule has 0 atom stereocenters. The molecule has 0 bridgehead atoms. The summed E-state index contributed by atoms with van der Waals surface area (Å²) < 4.78 is 27.7. The van der Waals surface area contributed by atoms with Crippen molar-refractivity contribution in [2.45, 2.75) is 27.2 Å². The van der Waals surface area contributed by atoms with Crippen molar-refractivity contribution in [3.63, 3.8) is 0 Å². The standard InChI is InChI=1S/C18H19F2N5O/c1-4-21-17(26)18(2,3)6-14-13(20)9-24-16(25-14)12-8-23-15-11(12)5-10(19)7-22-15/h5,7-9H,4,6H2,1-3H3,(H,21,26)(H,22,23). The highest BCUT2D eigenvalue weighted by atomic mass is 19.1. The van der Waals surface area contributed by atoms with Crippen LogP contribution in [0.25, 0.3) is 22.4 Å². The third-order valence-corrected chi connectivity index (χ3v) is 4.12. The Hall–Kier alpha value is -2.90. The van der Waals surface area contributed by atoms with Gasteiger partial charge in [0.2, 0.25) is 5.91 Å². The molecule has 0 radical (unpaired) electrons. The molecule has 0 aliphatic rings. The van der Waals surface area contributed by atoms with Gasteiger partial charge in [0.05, 0.1) is 18.1 Å². The maximum absolute atomic E-state index is 14.2. The Kier molecular flexibility index (Phi) is 4.67. The van der Waals surface area contributed by atoms with Gasteiger partial charge in [0.1, 0.15) is 11.5 Å². The lowest BCUT2D eigenvalue weighted by Gasteiger charge is -2.23. The number of hydrogen-bond donors (Lipinski definition) is 2. The van der Waals surface area contributed by atoms with E-state index in [0.717, 1.165) is 12.4 Å². The molecule has 0 spiro atoms. The predicted molar refractivity (Wildman–Crippen MR) is 93.2 cm³/mol.